The maximum Gasteiger partial charge on any atom is 0.196 e. The molecule has 0 aliphatic heterocycles. The molecule has 0 radical (unpaired) electrons. The van der Waals surface area contributed by atoms with E-state index in [1.54, 1.807) is 11.6 Å². The Morgan fingerprint density at radius 2 is 1.61 bits per heavy atom. The third kappa shape index (κ3) is 5.94. The van der Waals surface area contributed by atoms with E-state index < -0.39 is 5.83 Å². The van der Waals surface area contributed by atoms with Gasteiger partial charge in [0.1, 0.15) is 6.07 Å². The van der Waals surface area contributed by atoms with E-state index >= 15 is 0 Å². The molecule has 0 spiro atoms. The van der Waals surface area contributed by atoms with Gasteiger partial charge in [-0.05, 0) is 98.7 Å². The van der Waals surface area contributed by atoms with Crippen molar-refractivity contribution in [3.8, 4) is 6.07 Å². The van der Waals surface area contributed by atoms with E-state index in [9.17, 15) is 4.39 Å². The first-order valence-corrected chi connectivity index (χ1v) is 11.5. The molecule has 1 nitrogen and oxygen atoms in total. The Morgan fingerprint density at radius 1 is 1.00 bits per heavy atom. The van der Waals surface area contributed by atoms with Crippen LogP contribution in [0.15, 0.2) is 36.2 Å². The number of rotatable bonds is 7. The van der Waals surface area contributed by atoms with Crippen molar-refractivity contribution < 1.29 is 4.39 Å². The van der Waals surface area contributed by atoms with Gasteiger partial charge in [-0.3, -0.25) is 0 Å². The van der Waals surface area contributed by atoms with Gasteiger partial charge in [-0.2, -0.15) is 9.65 Å². The van der Waals surface area contributed by atoms with Gasteiger partial charge in [-0.1, -0.05) is 50.5 Å². The normalized spacial score (nSPS) is 28.7. The minimum absolute atomic E-state index is 0.620. The fourth-order valence-corrected chi connectivity index (χ4v) is 5.61. The van der Waals surface area contributed by atoms with Crippen LogP contribution in [0.25, 0.3) is 0 Å². The summed E-state index contributed by atoms with van der Waals surface area (Å²) in [4.78, 5) is 0. The summed E-state index contributed by atoms with van der Waals surface area (Å²) in [5, 5.41) is 8.48. The summed E-state index contributed by atoms with van der Waals surface area (Å²) in [6.07, 6.45) is 16.5. The van der Waals surface area contributed by atoms with E-state index in [4.69, 9.17) is 5.26 Å². The Kier molecular flexibility index (Phi) is 8.13. The molecule has 3 rings (SSSR count). The Labute approximate surface area is 171 Å². The van der Waals surface area contributed by atoms with E-state index in [1.165, 1.54) is 75.8 Å². The van der Waals surface area contributed by atoms with Gasteiger partial charge in [0, 0.05) is 0 Å². The lowest BCUT2D eigenvalue weighted by atomic mass is 9.68. The van der Waals surface area contributed by atoms with Crippen LogP contribution >= 0.6 is 0 Å². The van der Waals surface area contributed by atoms with Crippen molar-refractivity contribution in [2.24, 2.45) is 17.8 Å². The Hall–Kier alpha value is -1.62. The van der Waals surface area contributed by atoms with Crippen LogP contribution in [0.3, 0.4) is 0 Å². The minimum Gasteiger partial charge on any atom is -0.195 e. The van der Waals surface area contributed by atoms with E-state index in [0.717, 1.165) is 36.5 Å². The van der Waals surface area contributed by atoms with Crippen molar-refractivity contribution in [3.05, 3.63) is 47.3 Å². The maximum absolute atomic E-state index is 12.9. The molecule has 2 aliphatic carbocycles. The van der Waals surface area contributed by atoms with Crippen molar-refractivity contribution in [1.29, 1.82) is 5.26 Å². The fourth-order valence-electron chi connectivity index (χ4n) is 5.61. The molecule has 2 heteroatoms. The van der Waals surface area contributed by atoms with Gasteiger partial charge in [0.05, 0.1) is 0 Å². The third-order valence-electron chi connectivity index (χ3n) is 7.32. The average molecular weight is 382 g/mol. The van der Waals surface area contributed by atoms with Crippen molar-refractivity contribution in [2.75, 3.05) is 0 Å². The third-order valence-corrected chi connectivity index (χ3v) is 7.32. The van der Waals surface area contributed by atoms with Crippen LogP contribution in [0, 0.1) is 29.1 Å². The summed E-state index contributed by atoms with van der Waals surface area (Å²) >= 11 is 0. The number of aryl methyl sites for hydroxylation is 1. The fraction of sp³-hybridized carbons (Fsp3) is 0.654. The van der Waals surface area contributed by atoms with Gasteiger partial charge in [-0.15, -0.1) is 0 Å². The van der Waals surface area contributed by atoms with E-state index in [0.29, 0.717) is 0 Å². The molecular formula is C26H36FN. The lowest BCUT2D eigenvalue weighted by molar-refractivity contribution is 0.157. The Balaban J connectivity index is 1.39. The zero-order valence-corrected chi connectivity index (χ0v) is 17.5. The molecule has 0 N–H and O–H groups in total. The predicted molar refractivity (Wildman–Crippen MR) is 115 cm³/mol. The highest BCUT2D eigenvalue weighted by Crippen LogP contribution is 2.44. The molecule has 0 saturated heterocycles. The van der Waals surface area contributed by atoms with Gasteiger partial charge in [-0.25, -0.2) is 0 Å². The first-order chi connectivity index (χ1) is 13.7. The van der Waals surface area contributed by atoms with Crippen molar-refractivity contribution in [3.63, 3.8) is 0 Å². The second-order valence-electron chi connectivity index (χ2n) is 9.13. The van der Waals surface area contributed by atoms with E-state index in [1.807, 2.05) is 0 Å². The van der Waals surface area contributed by atoms with Crippen LogP contribution in [0.5, 0.6) is 0 Å². The molecule has 0 unspecified atom stereocenters. The van der Waals surface area contributed by atoms with Crippen LogP contribution in [0.4, 0.5) is 4.39 Å². The molecular weight excluding hydrogens is 345 g/mol. The number of hydrogen-bond donors (Lipinski definition) is 0. The van der Waals surface area contributed by atoms with Gasteiger partial charge >= 0.3 is 0 Å². The van der Waals surface area contributed by atoms with Gasteiger partial charge in [0.2, 0.25) is 0 Å². The maximum atomic E-state index is 12.9. The second-order valence-corrected chi connectivity index (χ2v) is 9.13. The van der Waals surface area contributed by atoms with Gasteiger partial charge in [0.25, 0.3) is 0 Å². The molecule has 0 aromatic heterocycles. The largest absolute Gasteiger partial charge is 0.196 e. The molecule has 0 atom stereocenters. The topological polar surface area (TPSA) is 23.8 Å². The zero-order valence-electron chi connectivity index (χ0n) is 17.5. The average Bonchev–Trinajstić information content (AvgIpc) is 2.75. The summed E-state index contributed by atoms with van der Waals surface area (Å²) in [7, 11) is 0. The first-order valence-electron chi connectivity index (χ1n) is 11.5. The monoisotopic (exact) mass is 381 g/mol. The van der Waals surface area contributed by atoms with Crippen LogP contribution in [-0.4, -0.2) is 0 Å². The molecule has 0 bridgehead atoms. The number of allylic oxidation sites excluding steroid dienone is 2. The molecule has 28 heavy (non-hydrogen) atoms. The van der Waals surface area contributed by atoms with Gasteiger partial charge in [0.15, 0.2) is 5.83 Å². The lowest BCUT2D eigenvalue weighted by Crippen LogP contribution is -2.25. The molecule has 2 saturated carbocycles. The predicted octanol–water partition coefficient (Wildman–Crippen LogP) is 7.88. The summed E-state index contributed by atoms with van der Waals surface area (Å²) in [5.41, 5.74) is 3.03. The standard InChI is InChI=1S/C26H36FN/c1-2-4-20-7-11-22(12-8-20)24-15-17-25(18-16-24)23-13-9-21(10-14-23)5-3-6-26(27)19-28/h6-8,11-12,21,23-25H,2-5,9-10,13-18H2,1H3. The summed E-state index contributed by atoms with van der Waals surface area (Å²) in [6.45, 7) is 2.24. The van der Waals surface area contributed by atoms with Crippen molar-refractivity contribution in [2.45, 2.75) is 89.9 Å². The number of halogens is 1. The number of nitrogens with zero attached hydrogens (tertiary/aromatic N) is 1. The minimum atomic E-state index is -0.620. The molecule has 0 amide bonds. The quantitative estimate of drug-likeness (QED) is 0.441. The lowest BCUT2D eigenvalue weighted by Gasteiger charge is -2.38. The molecule has 2 aliphatic rings. The highest BCUT2D eigenvalue weighted by Gasteiger charge is 2.31. The van der Waals surface area contributed by atoms with Crippen molar-refractivity contribution in [1.82, 2.24) is 0 Å². The summed E-state index contributed by atoms with van der Waals surface area (Å²) < 4.78 is 12.9. The van der Waals surface area contributed by atoms with E-state index in [-0.39, 0.29) is 0 Å². The second kappa shape index (κ2) is 10.8. The molecule has 0 heterocycles. The first kappa shape index (κ1) is 21.1. The van der Waals surface area contributed by atoms with E-state index in [2.05, 4.69) is 31.2 Å². The van der Waals surface area contributed by atoms with Crippen molar-refractivity contribution >= 4 is 0 Å². The highest BCUT2D eigenvalue weighted by molar-refractivity contribution is 5.26. The smallest absolute Gasteiger partial charge is 0.195 e. The number of hydrogen-bond acceptors (Lipinski definition) is 1. The number of benzene rings is 1. The summed E-state index contributed by atoms with van der Waals surface area (Å²) in [6, 6.07) is 11.0. The Morgan fingerprint density at radius 3 is 2.18 bits per heavy atom. The molecule has 2 fully saturated rings. The molecule has 152 valence electrons. The zero-order chi connectivity index (χ0) is 19.8. The number of nitriles is 1. The van der Waals surface area contributed by atoms with Crippen LogP contribution in [0.1, 0.15) is 94.6 Å². The van der Waals surface area contributed by atoms with Crippen LogP contribution < -0.4 is 0 Å². The van der Waals surface area contributed by atoms with Crippen LogP contribution in [-0.2, 0) is 6.42 Å². The van der Waals surface area contributed by atoms with Crippen LogP contribution in [0.2, 0.25) is 0 Å². The summed E-state index contributed by atoms with van der Waals surface area (Å²) in [5.74, 6) is 2.72. The van der Waals surface area contributed by atoms with Gasteiger partial charge < -0.3 is 0 Å². The molecule has 1 aromatic rings. The SMILES string of the molecule is CCCc1ccc(C2CCC(C3CCC(CCC=C(F)C#N)CC3)CC2)cc1. The Bertz CT molecular complexity index is 653. The highest BCUT2D eigenvalue weighted by atomic mass is 19.1. The molecule has 1 aromatic carbocycles.